The lowest BCUT2D eigenvalue weighted by Gasteiger charge is -2.27. The quantitative estimate of drug-likeness (QED) is 0.472. The van der Waals surface area contributed by atoms with Crippen molar-refractivity contribution in [2.75, 3.05) is 0 Å². The Labute approximate surface area is 181 Å². The number of carbonyl (C=O) groups is 2. The van der Waals surface area contributed by atoms with Crippen LogP contribution in [0.4, 0.5) is 17.6 Å². The van der Waals surface area contributed by atoms with Gasteiger partial charge in [-0.05, 0) is 48.7 Å². The molecule has 0 saturated heterocycles. The molecule has 2 aromatic heterocycles. The number of aromatic nitrogens is 2. The first-order valence-corrected chi connectivity index (χ1v) is 9.59. The standard InChI is InChI=1S/C20H22FN3O.C2HF3O2/c1-13(20(2,3)4)22-19(25)18-23-17(14-8-10-15(21)11-9-14)16-7-5-6-12-24(16)18;3-2(4,5)1(6)7/h5-13H,1-4H3,(H,22,25);(H,6,7). The Morgan fingerprint density at radius 1 is 1.06 bits per heavy atom. The molecule has 3 aromatic rings. The molecule has 32 heavy (non-hydrogen) atoms. The zero-order chi connectivity index (χ0) is 24.3. The van der Waals surface area contributed by atoms with Crippen LogP contribution >= 0.6 is 0 Å². The van der Waals surface area contributed by atoms with Gasteiger partial charge in [-0.15, -0.1) is 0 Å². The largest absolute Gasteiger partial charge is 0.542 e. The monoisotopic (exact) mass is 453 g/mol. The number of nitrogens with zero attached hydrogens (tertiary/aromatic N) is 1. The number of carbonyl (C=O) groups excluding carboxylic acids is 2. The van der Waals surface area contributed by atoms with Crippen LogP contribution < -0.4 is 14.8 Å². The predicted molar refractivity (Wildman–Crippen MR) is 107 cm³/mol. The van der Waals surface area contributed by atoms with E-state index in [2.05, 4.69) is 31.1 Å². The molecule has 0 saturated carbocycles. The molecule has 1 unspecified atom stereocenters. The third-order valence-corrected chi connectivity index (χ3v) is 4.83. The number of rotatable bonds is 3. The molecule has 0 aliphatic heterocycles. The lowest BCUT2D eigenvalue weighted by molar-refractivity contribution is -0.514. The highest BCUT2D eigenvalue weighted by molar-refractivity contribution is 5.91. The van der Waals surface area contributed by atoms with Crippen LogP contribution in [0.25, 0.3) is 16.8 Å². The summed E-state index contributed by atoms with van der Waals surface area (Å²) in [4.78, 5) is 24.8. The first-order valence-electron chi connectivity index (χ1n) is 9.59. The number of benzene rings is 1. The highest BCUT2D eigenvalue weighted by atomic mass is 19.4. The Hall–Kier alpha value is -3.43. The van der Waals surface area contributed by atoms with Crippen LogP contribution in [0.2, 0.25) is 0 Å². The van der Waals surface area contributed by atoms with E-state index >= 15 is 0 Å². The molecule has 0 aliphatic rings. The topological polar surface area (TPSA) is 89.1 Å². The maximum atomic E-state index is 13.2. The molecule has 2 heterocycles. The molecule has 0 fully saturated rings. The first kappa shape index (κ1) is 24.8. The first-order chi connectivity index (χ1) is 14.7. The molecule has 2 N–H and O–H groups in total. The van der Waals surface area contributed by atoms with E-state index in [9.17, 15) is 22.4 Å². The van der Waals surface area contributed by atoms with Gasteiger partial charge in [-0.3, -0.25) is 4.79 Å². The fraction of sp³-hybridized carbons (Fsp3) is 0.318. The number of carboxylic acids is 1. The molecule has 1 amide bonds. The number of fused-ring (bicyclic) bond motifs is 1. The van der Waals surface area contributed by atoms with Gasteiger partial charge >= 0.3 is 17.9 Å². The average molecular weight is 453 g/mol. The van der Waals surface area contributed by atoms with E-state index in [1.807, 2.05) is 35.7 Å². The zero-order valence-corrected chi connectivity index (χ0v) is 17.9. The van der Waals surface area contributed by atoms with Crippen molar-refractivity contribution >= 4 is 17.4 Å². The molecular weight excluding hydrogens is 430 g/mol. The van der Waals surface area contributed by atoms with Crippen LogP contribution in [0.1, 0.15) is 38.3 Å². The predicted octanol–water partition coefficient (Wildman–Crippen LogP) is 3.02. The summed E-state index contributed by atoms with van der Waals surface area (Å²) in [5.74, 6) is -3.01. The maximum Gasteiger partial charge on any atom is 0.430 e. The van der Waals surface area contributed by atoms with E-state index in [1.54, 1.807) is 12.1 Å². The molecule has 10 heteroatoms. The van der Waals surface area contributed by atoms with Crippen LogP contribution in [0.3, 0.4) is 0 Å². The Bertz CT molecular complexity index is 1100. The van der Waals surface area contributed by atoms with Crippen LogP contribution in [0, 0.1) is 11.2 Å². The molecule has 172 valence electrons. The Morgan fingerprint density at radius 3 is 2.12 bits per heavy atom. The minimum Gasteiger partial charge on any atom is -0.542 e. The SMILES string of the molecule is CC(NC(=O)c1[nH]c(-c2ccc(F)cc2)c2cccc[n+]12)C(C)(C)C.O=C([O-])C(F)(F)F. The van der Waals surface area contributed by atoms with E-state index < -0.39 is 12.1 Å². The summed E-state index contributed by atoms with van der Waals surface area (Å²) in [6.45, 7) is 8.25. The number of H-pyrrole nitrogens is 1. The molecule has 6 nitrogen and oxygen atoms in total. The Kier molecular flexibility index (Phi) is 7.27. The van der Waals surface area contributed by atoms with Crippen LogP contribution in [0.5, 0.6) is 0 Å². The smallest absolute Gasteiger partial charge is 0.430 e. The van der Waals surface area contributed by atoms with E-state index in [1.165, 1.54) is 12.1 Å². The third-order valence-electron chi connectivity index (χ3n) is 4.83. The number of hydrogen-bond acceptors (Lipinski definition) is 3. The molecule has 0 aliphatic carbocycles. The van der Waals surface area contributed by atoms with Crippen LogP contribution in [-0.4, -0.2) is 29.1 Å². The van der Waals surface area contributed by atoms with Gasteiger partial charge in [-0.1, -0.05) is 26.8 Å². The van der Waals surface area contributed by atoms with Crippen molar-refractivity contribution in [1.29, 1.82) is 0 Å². The van der Waals surface area contributed by atoms with E-state index in [4.69, 9.17) is 9.90 Å². The minimum atomic E-state index is -5.19. The zero-order valence-electron chi connectivity index (χ0n) is 17.9. The number of aliphatic carboxylic acids is 1. The fourth-order valence-electron chi connectivity index (χ4n) is 2.57. The van der Waals surface area contributed by atoms with Crippen molar-refractivity contribution in [1.82, 2.24) is 10.3 Å². The highest BCUT2D eigenvalue weighted by Crippen LogP contribution is 2.23. The molecule has 1 atom stereocenters. The molecule has 3 rings (SSSR count). The Balaban J connectivity index is 0.000000451. The number of alkyl halides is 3. The normalized spacial score (nSPS) is 12.6. The third kappa shape index (κ3) is 6.05. The van der Waals surface area contributed by atoms with Gasteiger partial charge < -0.3 is 15.2 Å². The number of halogens is 4. The van der Waals surface area contributed by atoms with Gasteiger partial charge in [0.15, 0.2) is 11.2 Å². The maximum absolute atomic E-state index is 13.2. The van der Waals surface area contributed by atoms with E-state index in [0.717, 1.165) is 16.8 Å². The van der Waals surface area contributed by atoms with Crippen LogP contribution in [-0.2, 0) is 4.79 Å². The average Bonchev–Trinajstić information content (AvgIpc) is 3.07. The number of pyridine rings is 1. The van der Waals surface area contributed by atoms with Gasteiger partial charge in [0, 0.05) is 11.6 Å². The van der Waals surface area contributed by atoms with Crippen LogP contribution in [0.15, 0.2) is 48.7 Å². The highest BCUT2D eigenvalue weighted by Gasteiger charge is 2.30. The van der Waals surface area contributed by atoms with Crippen molar-refractivity contribution in [2.24, 2.45) is 5.41 Å². The number of amides is 1. The van der Waals surface area contributed by atoms with Crippen molar-refractivity contribution in [3.05, 3.63) is 60.3 Å². The summed E-state index contributed by atoms with van der Waals surface area (Å²) in [5, 5.41) is 11.8. The van der Waals surface area contributed by atoms with Crippen molar-refractivity contribution in [3.63, 3.8) is 0 Å². The summed E-state index contributed by atoms with van der Waals surface area (Å²) in [7, 11) is 0. The summed E-state index contributed by atoms with van der Waals surface area (Å²) < 4.78 is 46.6. The van der Waals surface area contributed by atoms with Gasteiger partial charge in [0.25, 0.3) is 0 Å². The second-order valence-corrected chi connectivity index (χ2v) is 8.16. The second kappa shape index (κ2) is 9.37. The minimum absolute atomic E-state index is 0.0110. The van der Waals surface area contributed by atoms with Gasteiger partial charge in [0.05, 0.1) is 6.20 Å². The summed E-state index contributed by atoms with van der Waals surface area (Å²) in [6, 6.07) is 12.0. The number of hydrogen-bond donors (Lipinski definition) is 2. The number of imidazole rings is 1. The second-order valence-electron chi connectivity index (χ2n) is 8.16. The molecule has 0 radical (unpaired) electrons. The lowest BCUT2D eigenvalue weighted by atomic mass is 9.88. The number of nitrogens with one attached hydrogen (secondary N) is 2. The summed E-state index contributed by atoms with van der Waals surface area (Å²) in [5.41, 5.74) is 2.44. The van der Waals surface area contributed by atoms with Crippen molar-refractivity contribution < 1.29 is 36.7 Å². The van der Waals surface area contributed by atoms with Gasteiger partial charge in [0.1, 0.15) is 11.8 Å². The van der Waals surface area contributed by atoms with Gasteiger partial charge in [0.2, 0.25) is 0 Å². The summed E-state index contributed by atoms with van der Waals surface area (Å²) >= 11 is 0. The van der Waals surface area contributed by atoms with E-state index in [0.29, 0.717) is 5.82 Å². The number of carboxylic acid groups (broad SMARTS) is 1. The van der Waals surface area contributed by atoms with Crippen molar-refractivity contribution in [2.45, 2.75) is 39.9 Å². The Morgan fingerprint density at radius 2 is 1.62 bits per heavy atom. The molecule has 1 aromatic carbocycles. The lowest BCUT2D eigenvalue weighted by Crippen LogP contribution is -2.44. The molecular formula is C22H23F4N3O3. The molecule has 0 bridgehead atoms. The fourth-order valence-corrected chi connectivity index (χ4v) is 2.57. The number of aromatic amines is 1. The van der Waals surface area contributed by atoms with E-state index in [-0.39, 0.29) is 23.2 Å². The van der Waals surface area contributed by atoms with Crippen molar-refractivity contribution in [3.8, 4) is 11.3 Å². The van der Waals surface area contributed by atoms with Gasteiger partial charge in [-0.25, -0.2) is 9.37 Å². The van der Waals surface area contributed by atoms with Gasteiger partial charge in [-0.2, -0.15) is 17.6 Å². The molecule has 0 spiro atoms. The summed E-state index contributed by atoms with van der Waals surface area (Å²) in [6.07, 6.45) is -3.35.